The molecule has 350 valence electrons. The molecule has 3 N–H and O–H groups in total. The van der Waals surface area contributed by atoms with Gasteiger partial charge < -0.3 is 20.3 Å². The summed E-state index contributed by atoms with van der Waals surface area (Å²) in [5.41, 5.74) is 0. The van der Waals surface area contributed by atoms with Gasteiger partial charge in [-0.05, 0) is 51.4 Å². The average molecular weight is 834 g/mol. The van der Waals surface area contributed by atoms with E-state index in [1.165, 1.54) is 193 Å². The number of carbonyl (C=O) groups excluding carboxylic acids is 2. The summed E-state index contributed by atoms with van der Waals surface area (Å²) >= 11 is 0. The third-order valence-electron chi connectivity index (χ3n) is 12.3. The van der Waals surface area contributed by atoms with E-state index in [9.17, 15) is 19.8 Å². The summed E-state index contributed by atoms with van der Waals surface area (Å²) in [5, 5.41) is 23.8. The van der Waals surface area contributed by atoms with Gasteiger partial charge in [0, 0.05) is 6.42 Å². The molecular formula is C53H103NO5. The van der Waals surface area contributed by atoms with E-state index in [4.69, 9.17) is 4.74 Å². The van der Waals surface area contributed by atoms with Crippen molar-refractivity contribution in [3.63, 3.8) is 0 Å². The Bertz CT molecular complexity index is 893. The highest BCUT2D eigenvalue weighted by Gasteiger charge is 2.24. The van der Waals surface area contributed by atoms with Gasteiger partial charge in [0.15, 0.2) is 0 Å². The number of nitrogens with one attached hydrogen (secondary N) is 1. The first-order chi connectivity index (χ1) is 29.0. The number of rotatable bonds is 48. The van der Waals surface area contributed by atoms with Crippen molar-refractivity contribution in [3.05, 3.63) is 12.2 Å². The second-order valence-corrected chi connectivity index (χ2v) is 18.3. The SMILES string of the molecule is CCCCCCCCC/C=C\CCCCCC(=O)OC(CCCCCCCCCCCC)CC(=O)NC(CO)C(O)CCCCCCCCCCCCCCCCCC. The lowest BCUT2D eigenvalue weighted by atomic mass is 10.0. The molecule has 0 aliphatic heterocycles. The molecule has 6 heteroatoms. The largest absolute Gasteiger partial charge is 0.462 e. The van der Waals surface area contributed by atoms with Crippen molar-refractivity contribution in [2.24, 2.45) is 0 Å². The fraction of sp³-hybridized carbons (Fsp3) is 0.925. The summed E-state index contributed by atoms with van der Waals surface area (Å²) in [4.78, 5) is 26.1. The lowest BCUT2D eigenvalue weighted by Crippen LogP contribution is -2.46. The highest BCUT2D eigenvalue weighted by Crippen LogP contribution is 2.18. The molecule has 59 heavy (non-hydrogen) atoms. The van der Waals surface area contributed by atoms with E-state index >= 15 is 0 Å². The van der Waals surface area contributed by atoms with E-state index in [1.54, 1.807) is 0 Å². The molecule has 0 aliphatic carbocycles. The number of hydrogen-bond donors (Lipinski definition) is 3. The molecule has 0 bridgehead atoms. The first-order valence-electron chi connectivity index (χ1n) is 26.4. The second-order valence-electron chi connectivity index (χ2n) is 18.3. The van der Waals surface area contributed by atoms with Crippen LogP contribution in [0.4, 0.5) is 0 Å². The molecule has 0 aliphatic rings. The maximum Gasteiger partial charge on any atom is 0.306 e. The molecular weight excluding hydrogens is 731 g/mol. The van der Waals surface area contributed by atoms with Gasteiger partial charge in [-0.25, -0.2) is 0 Å². The molecule has 1 amide bonds. The molecule has 0 saturated carbocycles. The van der Waals surface area contributed by atoms with Crippen molar-refractivity contribution in [2.45, 2.75) is 309 Å². The smallest absolute Gasteiger partial charge is 0.306 e. The van der Waals surface area contributed by atoms with Crippen LogP contribution >= 0.6 is 0 Å². The van der Waals surface area contributed by atoms with Crippen LogP contribution in [-0.2, 0) is 14.3 Å². The number of aliphatic hydroxyl groups is 2. The summed E-state index contributed by atoms with van der Waals surface area (Å²) in [6.45, 7) is 6.49. The van der Waals surface area contributed by atoms with E-state index < -0.39 is 18.2 Å². The molecule has 0 aromatic heterocycles. The number of allylic oxidation sites excluding steroid dienone is 2. The Morgan fingerprint density at radius 2 is 0.814 bits per heavy atom. The normalized spacial score (nSPS) is 13.2. The zero-order valence-corrected chi connectivity index (χ0v) is 39.9. The highest BCUT2D eigenvalue weighted by molar-refractivity contribution is 5.77. The molecule has 0 aromatic rings. The lowest BCUT2D eigenvalue weighted by Gasteiger charge is -2.24. The number of unbranched alkanes of at least 4 members (excludes halogenated alkanes) is 34. The Balaban J connectivity index is 4.45. The number of esters is 1. The van der Waals surface area contributed by atoms with Crippen molar-refractivity contribution >= 4 is 11.9 Å². The summed E-state index contributed by atoms with van der Waals surface area (Å²) in [5.74, 6) is -0.477. The van der Waals surface area contributed by atoms with Gasteiger partial charge in [0.25, 0.3) is 0 Å². The van der Waals surface area contributed by atoms with E-state index in [0.717, 1.165) is 51.4 Å². The predicted molar refractivity (Wildman–Crippen MR) is 255 cm³/mol. The van der Waals surface area contributed by atoms with Crippen LogP contribution in [0, 0.1) is 0 Å². The summed E-state index contributed by atoms with van der Waals surface area (Å²) in [6.07, 6.45) is 52.7. The van der Waals surface area contributed by atoms with Crippen LogP contribution in [0.3, 0.4) is 0 Å². The molecule has 0 heterocycles. The van der Waals surface area contributed by atoms with Crippen LogP contribution in [0.5, 0.6) is 0 Å². The van der Waals surface area contributed by atoms with E-state index in [0.29, 0.717) is 19.3 Å². The van der Waals surface area contributed by atoms with Crippen molar-refractivity contribution in [1.29, 1.82) is 0 Å². The van der Waals surface area contributed by atoms with E-state index in [2.05, 4.69) is 38.2 Å². The van der Waals surface area contributed by atoms with Gasteiger partial charge in [0.05, 0.1) is 25.2 Å². The lowest BCUT2D eigenvalue weighted by molar-refractivity contribution is -0.151. The molecule has 0 saturated heterocycles. The maximum absolute atomic E-state index is 13.2. The van der Waals surface area contributed by atoms with Crippen molar-refractivity contribution in [2.75, 3.05) is 6.61 Å². The Morgan fingerprint density at radius 3 is 1.20 bits per heavy atom. The topological polar surface area (TPSA) is 95.9 Å². The second kappa shape index (κ2) is 47.6. The number of hydrogen-bond acceptors (Lipinski definition) is 5. The molecule has 6 nitrogen and oxygen atoms in total. The van der Waals surface area contributed by atoms with Gasteiger partial charge in [-0.2, -0.15) is 0 Å². The van der Waals surface area contributed by atoms with Crippen molar-refractivity contribution < 1.29 is 24.5 Å². The van der Waals surface area contributed by atoms with Crippen LogP contribution in [0.1, 0.15) is 290 Å². The van der Waals surface area contributed by atoms with Gasteiger partial charge in [-0.3, -0.25) is 9.59 Å². The maximum atomic E-state index is 13.2. The molecule has 0 radical (unpaired) electrons. The quantitative estimate of drug-likeness (QED) is 0.0322. The summed E-state index contributed by atoms with van der Waals surface area (Å²) in [7, 11) is 0. The monoisotopic (exact) mass is 834 g/mol. The highest BCUT2D eigenvalue weighted by atomic mass is 16.5. The van der Waals surface area contributed by atoms with Crippen molar-refractivity contribution in [3.8, 4) is 0 Å². The van der Waals surface area contributed by atoms with Gasteiger partial charge in [-0.15, -0.1) is 0 Å². The number of aliphatic hydroxyl groups excluding tert-OH is 2. The first-order valence-corrected chi connectivity index (χ1v) is 26.4. The average Bonchev–Trinajstić information content (AvgIpc) is 3.23. The van der Waals surface area contributed by atoms with Gasteiger partial charge in [-0.1, -0.05) is 238 Å². The third-order valence-corrected chi connectivity index (χ3v) is 12.3. The summed E-state index contributed by atoms with van der Waals surface area (Å²) in [6, 6.07) is -0.697. The minimum atomic E-state index is -0.784. The van der Waals surface area contributed by atoms with Crippen molar-refractivity contribution in [1.82, 2.24) is 5.32 Å². The number of amides is 1. The van der Waals surface area contributed by atoms with Gasteiger partial charge in [0.1, 0.15) is 6.10 Å². The number of carbonyl (C=O) groups is 2. The minimum Gasteiger partial charge on any atom is -0.462 e. The molecule has 3 atom stereocenters. The van der Waals surface area contributed by atoms with Crippen LogP contribution in [0.15, 0.2) is 12.2 Å². The van der Waals surface area contributed by atoms with Gasteiger partial charge >= 0.3 is 5.97 Å². The fourth-order valence-corrected chi connectivity index (χ4v) is 8.31. The predicted octanol–water partition coefficient (Wildman–Crippen LogP) is 15.7. The van der Waals surface area contributed by atoms with Crippen LogP contribution in [0.2, 0.25) is 0 Å². The zero-order valence-electron chi connectivity index (χ0n) is 39.9. The van der Waals surface area contributed by atoms with Crippen LogP contribution in [0.25, 0.3) is 0 Å². The molecule has 0 fully saturated rings. The van der Waals surface area contributed by atoms with E-state index in [-0.39, 0.29) is 24.9 Å². The molecule has 3 unspecified atom stereocenters. The standard InChI is InChI=1S/C53H103NO5/c1-4-7-10-13-16-19-22-24-26-27-28-30-33-36-39-42-45-51(56)50(48-55)54-52(57)47-49(44-41-38-35-32-21-18-15-12-9-6-3)59-53(58)46-43-40-37-34-31-29-25-23-20-17-14-11-8-5-2/h29,31,49-51,55-56H,4-28,30,32-48H2,1-3H3,(H,54,57)/b31-29-. The number of ether oxygens (including phenoxy) is 1. The molecule has 0 rings (SSSR count). The molecule has 0 aromatic carbocycles. The van der Waals surface area contributed by atoms with Crippen LogP contribution < -0.4 is 5.32 Å². The Morgan fingerprint density at radius 1 is 0.475 bits per heavy atom. The van der Waals surface area contributed by atoms with E-state index in [1.807, 2.05) is 0 Å². The Labute approximate surface area is 368 Å². The first kappa shape index (κ1) is 57.6. The minimum absolute atomic E-state index is 0.0783. The third kappa shape index (κ3) is 43.1. The Hall–Kier alpha value is -1.40. The summed E-state index contributed by atoms with van der Waals surface area (Å²) < 4.78 is 5.92. The molecule has 0 spiro atoms. The zero-order chi connectivity index (χ0) is 43.1. The van der Waals surface area contributed by atoms with Crippen LogP contribution in [-0.4, -0.2) is 46.9 Å². The Kier molecular flexibility index (Phi) is 46.5. The fourth-order valence-electron chi connectivity index (χ4n) is 8.31. The van der Waals surface area contributed by atoms with Gasteiger partial charge in [0.2, 0.25) is 5.91 Å².